The highest BCUT2D eigenvalue weighted by Crippen LogP contribution is 2.54. The predicted octanol–water partition coefficient (Wildman–Crippen LogP) is 10.2. The Balaban J connectivity index is 0.0000000939. The number of fused-ring (bicyclic) bond motifs is 16. The Kier molecular flexibility index (Phi) is 14.0. The predicted molar refractivity (Wildman–Crippen MR) is 338 cm³/mol. The second kappa shape index (κ2) is 23.0. The number of nitrogens with zero attached hydrogens (tertiary/aromatic N) is 16. The number of rotatable bonds is 4. The Morgan fingerprint density at radius 2 is 0.478 bits per heavy atom. The second-order valence-corrected chi connectivity index (χ2v) is 25.3. The first kappa shape index (κ1) is 55.9. The standard InChI is InChI=1S/4C18H16N4O/c4*23-18-14(6-5-11-7-20-21-8-15(11)18)17-13-4-2-1-3-12(13)16-9-19-10-22(16)17/h4*1-4,7-10,14,17-18,23H,5-6H2/t2*14-,17+,18-;2*14-,17-,18+/m1010/s1. The van der Waals surface area contributed by atoms with Gasteiger partial charge in [-0.1, -0.05) is 97.1 Å². The molecule has 0 unspecified atom stereocenters. The summed E-state index contributed by atoms with van der Waals surface area (Å²) in [6.07, 6.45) is 34.4. The molecule has 456 valence electrons. The minimum atomic E-state index is -0.527. The van der Waals surface area contributed by atoms with Crippen molar-refractivity contribution in [3.63, 3.8) is 0 Å². The number of aryl methyl sites for hydroxylation is 4. The maximum absolute atomic E-state index is 11.0. The minimum absolute atomic E-state index is 0.114. The molecule has 92 heavy (non-hydrogen) atoms. The Morgan fingerprint density at radius 1 is 0.261 bits per heavy atom. The van der Waals surface area contributed by atoms with E-state index in [0.717, 1.165) is 119 Å². The van der Waals surface area contributed by atoms with E-state index in [1.807, 2.05) is 50.1 Å². The van der Waals surface area contributed by atoms with Crippen molar-refractivity contribution in [2.45, 2.75) is 99.9 Å². The van der Waals surface area contributed by atoms with Gasteiger partial charge in [-0.25, -0.2) is 19.9 Å². The smallest absolute Gasteiger partial charge is 0.0956 e. The van der Waals surface area contributed by atoms with Crippen LogP contribution < -0.4 is 0 Å². The zero-order chi connectivity index (χ0) is 61.6. The molecular weight excluding hydrogens is 1150 g/mol. The highest BCUT2D eigenvalue weighted by atomic mass is 16.3. The van der Waals surface area contributed by atoms with E-state index in [4.69, 9.17) is 0 Å². The monoisotopic (exact) mass is 1220 g/mol. The van der Waals surface area contributed by atoms with Crippen LogP contribution >= 0.6 is 0 Å². The van der Waals surface area contributed by atoms with Crippen molar-refractivity contribution in [1.29, 1.82) is 0 Å². The van der Waals surface area contributed by atoms with Gasteiger partial charge in [-0.3, -0.25) is 0 Å². The molecule has 0 fully saturated rings. The van der Waals surface area contributed by atoms with Crippen molar-refractivity contribution in [2.24, 2.45) is 23.7 Å². The van der Waals surface area contributed by atoms with Crippen molar-refractivity contribution in [3.8, 4) is 45.0 Å². The van der Waals surface area contributed by atoms with Gasteiger partial charge in [-0.2, -0.15) is 40.8 Å². The zero-order valence-corrected chi connectivity index (χ0v) is 50.0. The van der Waals surface area contributed by atoms with Gasteiger partial charge in [0.15, 0.2) is 0 Å². The van der Waals surface area contributed by atoms with Crippen LogP contribution in [0, 0.1) is 23.7 Å². The highest BCUT2D eigenvalue weighted by molar-refractivity contribution is 5.72. The largest absolute Gasteiger partial charge is 0.388 e. The van der Waals surface area contributed by atoms with E-state index < -0.39 is 24.4 Å². The Hall–Kier alpha value is -10.1. The summed E-state index contributed by atoms with van der Waals surface area (Å²) in [7, 11) is 0. The lowest BCUT2D eigenvalue weighted by Crippen LogP contribution is -2.28. The van der Waals surface area contributed by atoms with Crippen LogP contribution in [0.4, 0.5) is 0 Å². The average Bonchev–Trinajstić information content (AvgIpc) is 1.62. The van der Waals surface area contributed by atoms with Crippen molar-refractivity contribution < 1.29 is 20.4 Å². The molecule has 4 aromatic carbocycles. The van der Waals surface area contributed by atoms with E-state index in [2.05, 4.69) is 176 Å². The van der Waals surface area contributed by atoms with E-state index in [-0.39, 0.29) is 47.8 Å². The summed E-state index contributed by atoms with van der Waals surface area (Å²) in [6.45, 7) is 0. The van der Waals surface area contributed by atoms with Gasteiger partial charge in [-0.05, 0) is 95.9 Å². The SMILES string of the molecule is O[C@@H]1c2cnncc2CC[C@@H]1[C@H]1c2ccccc2-c2cncn21.O[C@@H]1c2cnncc2CC[C@H]1[C@H]1c2ccccc2-c2cncn21.O[C@H]1c2cnncc2CC[C@@H]1[C@@H]1c2ccccc2-c2cncn21.O[C@H]1c2cnncc2CC[C@H]1[C@@H]1c2ccccc2-c2cncn21. The van der Waals surface area contributed by atoms with Crippen LogP contribution in [0.15, 0.2) is 197 Å². The summed E-state index contributed by atoms with van der Waals surface area (Å²) in [6, 6.07) is 34.2. The molecule has 4 aliphatic carbocycles. The topological polar surface area (TPSA) is 255 Å². The van der Waals surface area contributed by atoms with E-state index in [1.165, 1.54) is 44.5 Å². The lowest BCUT2D eigenvalue weighted by molar-refractivity contribution is 0.0712. The van der Waals surface area contributed by atoms with Crippen molar-refractivity contribution >= 4 is 0 Å². The lowest BCUT2D eigenvalue weighted by Gasteiger charge is -2.34. The third-order valence-corrected chi connectivity index (χ3v) is 21.0. The summed E-state index contributed by atoms with van der Waals surface area (Å²) in [4.78, 5) is 17.3. The molecule has 8 aromatic heterocycles. The first-order chi connectivity index (χ1) is 45.4. The third-order valence-electron chi connectivity index (χ3n) is 21.0. The van der Waals surface area contributed by atoms with E-state index in [9.17, 15) is 20.4 Å². The fraction of sp³-hybridized carbons (Fsp3) is 0.278. The normalized spacial score (nSPS) is 24.8. The second-order valence-electron chi connectivity index (χ2n) is 25.3. The molecule has 12 heterocycles. The third kappa shape index (κ3) is 9.09. The van der Waals surface area contributed by atoms with Crippen LogP contribution in [0.5, 0.6) is 0 Å². The molecule has 12 atom stereocenters. The molecule has 0 bridgehead atoms. The van der Waals surface area contributed by atoms with Gasteiger partial charge < -0.3 is 38.7 Å². The number of hydrogen-bond donors (Lipinski definition) is 4. The van der Waals surface area contributed by atoms with Gasteiger partial charge in [-0.15, -0.1) is 0 Å². The molecule has 0 amide bonds. The van der Waals surface area contributed by atoms with Crippen LogP contribution in [-0.2, 0) is 25.7 Å². The van der Waals surface area contributed by atoms with Crippen molar-refractivity contribution in [3.05, 3.63) is 263 Å². The number of aliphatic hydroxyl groups is 4. The summed E-state index contributed by atoms with van der Waals surface area (Å²) in [5.74, 6) is 0.457. The molecule has 12 aromatic rings. The van der Waals surface area contributed by atoms with Gasteiger partial charge in [0.25, 0.3) is 0 Å². The van der Waals surface area contributed by atoms with Crippen molar-refractivity contribution in [1.82, 2.24) is 79.0 Å². The molecule has 0 saturated carbocycles. The van der Waals surface area contributed by atoms with Crippen LogP contribution in [0.3, 0.4) is 0 Å². The fourth-order valence-electron chi connectivity index (χ4n) is 16.7. The quantitative estimate of drug-likeness (QED) is 0.128. The van der Waals surface area contributed by atoms with Gasteiger partial charge in [0.05, 0.1) is 171 Å². The number of aliphatic hydroxyl groups excluding tert-OH is 4. The molecule has 20 heteroatoms. The first-order valence-corrected chi connectivity index (χ1v) is 31.7. The lowest BCUT2D eigenvalue weighted by atomic mass is 9.77. The van der Waals surface area contributed by atoms with E-state index in [0.29, 0.717) is 0 Å². The number of aromatic nitrogens is 16. The van der Waals surface area contributed by atoms with Crippen LogP contribution in [0.1, 0.15) is 141 Å². The Bertz CT molecular complexity index is 4140. The molecule has 4 N–H and O–H groups in total. The minimum Gasteiger partial charge on any atom is -0.388 e. The summed E-state index contributed by atoms with van der Waals surface area (Å²) >= 11 is 0. The van der Waals surface area contributed by atoms with Gasteiger partial charge >= 0.3 is 0 Å². The molecule has 0 radical (unpaired) electrons. The van der Waals surface area contributed by atoms with Gasteiger partial charge in [0.2, 0.25) is 0 Å². The van der Waals surface area contributed by atoms with Crippen molar-refractivity contribution in [2.75, 3.05) is 0 Å². The van der Waals surface area contributed by atoms with E-state index in [1.54, 1.807) is 49.6 Å². The molecule has 8 aliphatic rings. The number of imidazole rings is 4. The molecule has 4 aliphatic heterocycles. The Morgan fingerprint density at radius 3 is 0.717 bits per heavy atom. The number of benzene rings is 4. The van der Waals surface area contributed by atoms with E-state index >= 15 is 0 Å². The molecule has 0 saturated heterocycles. The Labute approximate surface area is 529 Å². The molecular formula is C72H64N16O4. The molecule has 20 nitrogen and oxygen atoms in total. The van der Waals surface area contributed by atoms with Gasteiger partial charge in [0.1, 0.15) is 0 Å². The number of hydrogen-bond acceptors (Lipinski definition) is 16. The highest BCUT2D eigenvalue weighted by Gasteiger charge is 2.45. The average molecular weight is 1220 g/mol. The summed E-state index contributed by atoms with van der Waals surface area (Å²) in [5.41, 5.74) is 22.7. The summed E-state index contributed by atoms with van der Waals surface area (Å²) in [5, 5.41) is 75.5. The van der Waals surface area contributed by atoms with Crippen LogP contribution in [0.25, 0.3) is 45.0 Å². The zero-order valence-electron chi connectivity index (χ0n) is 50.0. The fourth-order valence-corrected chi connectivity index (χ4v) is 16.7. The van der Waals surface area contributed by atoms with Crippen LogP contribution in [-0.4, -0.2) is 99.4 Å². The van der Waals surface area contributed by atoms with Crippen LogP contribution in [0.2, 0.25) is 0 Å². The summed E-state index contributed by atoms with van der Waals surface area (Å²) < 4.78 is 8.83. The first-order valence-electron chi connectivity index (χ1n) is 31.7. The molecule has 20 rings (SSSR count). The molecule has 0 spiro atoms. The maximum Gasteiger partial charge on any atom is 0.0956 e. The maximum atomic E-state index is 11.0. The van der Waals surface area contributed by atoms with Gasteiger partial charge in [0, 0.05) is 68.2 Å².